The van der Waals surface area contributed by atoms with E-state index in [1.807, 2.05) is 0 Å². The van der Waals surface area contributed by atoms with E-state index in [1.165, 1.54) is 6.42 Å². The highest BCUT2D eigenvalue weighted by Gasteiger charge is 2.31. The lowest BCUT2D eigenvalue weighted by Gasteiger charge is -2.24. The molecule has 0 bridgehead atoms. The largest absolute Gasteiger partial charge is 0.310 e. The Kier molecular flexibility index (Phi) is 2.05. The molecule has 1 nitrogen and oxygen atoms in total. The third-order valence-corrected chi connectivity index (χ3v) is 2.02. The number of hydrogen-bond donors (Lipinski definition) is 0. The zero-order chi connectivity index (χ0) is 6.69. The van der Waals surface area contributed by atoms with E-state index in [9.17, 15) is 4.39 Å². The van der Waals surface area contributed by atoms with Crippen LogP contribution in [0.4, 0.5) is 4.39 Å². The average molecular weight is 127 g/mol. The molecule has 0 saturated heterocycles. The maximum absolute atomic E-state index is 11.9. The smallest absolute Gasteiger partial charge is 0.254 e. The van der Waals surface area contributed by atoms with Gasteiger partial charge in [-0.2, -0.15) is 0 Å². The zero-order valence-electron chi connectivity index (χ0n) is 5.31. The molecular weight excluding hydrogens is 117 g/mol. The molecule has 1 unspecified atom stereocenters. The highest BCUT2D eigenvalue weighted by atomic mass is 19.1. The van der Waals surface area contributed by atoms with Crippen LogP contribution >= 0.6 is 0 Å². The summed E-state index contributed by atoms with van der Waals surface area (Å²) in [7, 11) is 0. The third kappa shape index (κ3) is 1.21. The van der Waals surface area contributed by atoms with E-state index >= 15 is 0 Å². The molecule has 2 heteroatoms. The second kappa shape index (κ2) is 2.82. The van der Waals surface area contributed by atoms with Crippen molar-refractivity contribution in [2.24, 2.45) is 5.92 Å². The van der Waals surface area contributed by atoms with Crippen LogP contribution in [0, 0.1) is 12.5 Å². The van der Waals surface area contributed by atoms with Crippen LogP contribution in [-0.2, 0) is 0 Å². The molecular formula is C7H10FN. The van der Waals surface area contributed by atoms with Crippen molar-refractivity contribution in [1.29, 1.82) is 0 Å². The predicted octanol–water partition coefficient (Wildman–Crippen LogP) is 2.04. The molecule has 0 N–H and O–H groups in total. The molecule has 1 atom stereocenters. The van der Waals surface area contributed by atoms with Crippen LogP contribution in [0.1, 0.15) is 19.3 Å². The van der Waals surface area contributed by atoms with Crippen LogP contribution in [0.2, 0.25) is 0 Å². The van der Waals surface area contributed by atoms with Gasteiger partial charge in [0.1, 0.15) is 0 Å². The highest BCUT2D eigenvalue weighted by molar-refractivity contribution is 4.89. The monoisotopic (exact) mass is 127 g/mol. The van der Waals surface area contributed by atoms with Crippen molar-refractivity contribution in [3.05, 3.63) is 11.4 Å². The zero-order valence-corrected chi connectivity index (χ0v) is 5.31. The summed E-state index contributed by atoms with van der Waals surface area (Å²) in [5.41, 5.74) is 0. The fraction of sp³-hybridized carbons (Fsp3) is 0.857. The second-order valence-electron chi connectivity index (χ2n) is 2.54. The molecule has 1 aliphatic carbocycles. The molecule has 50 valence electrons. The van der Waals surface area contributed by atoms with Crippen molar-refractivity contribution in [3.63, 3.8) is 0 Å². The lowest BCUT2D eigenvalue weighted by atomic mass is 9.80. The predicted molar refractivity (Wildman–Crippen MR) is 33.7 cm³/mol. The Labute approximate surface area is 54.7 Å². The standard InChI is InChI=1S/C7H10FN/c1-9-7(5-8)6-3-2-4-6/h6-7H,2-5H2. The van der Waals surface area contributed by atoms with E-state index < -0.39 is 6.67 Å². The second-order valence-corrected chi connectivity index (χ2v) is 2.54. The van der Waals surface area contributed by atoms with Gasteiger partial charge in [0.05, 0.1) is 0 Å². The number of hydrogen-bond acceptors (Lipinski definition) is 0. The van der Waals surface area contributed by atoms with Gasteiger partial charge in [-0.05, 0) is 12.8 Å². The first-order valence-corrected chi connectivity index (χ1v) is 3.31. The maximum Gasteiger partial charge on any atom is 0.254 e. The van der Waals surface area contributed by atoms with Crippen LogP contribution in [0.3, 0.4) is 0 Å². The van der Waals surface area contributed by atoms with Gasteiger partial charge in [-0.15, -0.1) is 0 Å². The van der Waals surface area contributed by atoms with Gasteiger partial charge in [-0.25, -0.2) is 11.0 Å². The first kappa shape index (κ1) is 6.54. The summed E-state index contributed by atoms with van der Waals surface area (Å²) in [5, 5.41) is 0. The first-order valence-electron chi connectivity index (χ1n) is 3.31. The normalized spacial score (nSPS) is 22.2. The van der Waals surface area contributed by atoms with Crippen molar-refractivity contribution in [3.8, 4) is 0 Å². The minimum atomic E-state index is -0.450. The molecule has 0 aromatic rings. The summed E-state index contributed by atoms with van der Waals surface area (Å²) >= 11 is 0. The van der Waals surface area contributed by atoms with E-state index in [4.69, 9.17) is 6.57 Å². The molecule has 0 heterocycles. The van der Waals surface area contributed by atoms with Gasteiger partial charge in [-0.1, -0.05) is 6.42 Å². The molecule has 9 heavy (non-hydrogen) atoms. The number of halogens is 1. The van der Waals surface area contributed by atoms with E-state index in [2.05, 4.69) is 4.85 Å². The van der Waals surface area contributed by atoms with Crippen LogP contribution in [0.25, 0.3) is 4.85 Å². The van der Waals surface area contributed by atoms with E-state index in [0.29, 0.717) is 5.92 Å². The molecule has 0 amide bonds. The molecule has 0 radical (unpaired) electrons. The summed E-state index contributed by atoms with van der Waals surface area (Å²) in [6.07, 6.45) is 3.32. The van der Waals surface area contributed by atoms with Crippen LogP contribution in [0.15, 0.2) is 0 Å². The number of nitrogens with zero attached hydrogens (tertiary/aromatic N) is 1. The molecule has 0 aromatic heterocycles. The minimum absolute atomic E-state index is 0.321. The Morgan fingerprint density at radius 1 is 1.67 bits per heavy atom. The summed E-state index contributed by atoms with van der Waals surface area (Å²) in [6, 6.07) is -0.321. The number of alkyl halides is 1. The Balaban J connectivity index is 2.30. The Morgan fingerprint density at radius 2 is 2.33 bits per heavy atom. The molecule has 0 aliphatic heterocycles. The lowest BCUT2D eigenvalue weighted by molar-refractivity contribution is 0.252. The van der Waals surface area contributed by atoms with Crippen LogP contribution in [0.5, 0.6) is 0 Å². The molecule has 1 aliphatic rings. The first-order chi connectivity index (χ1) is 4.38. The average Bonchev–Trinajstić information content (AvgIpc) is 1.78. The van der Waals surface area contributed by atoms with Gasteiger partial charge in [-0.3, -0.25) is 0 Å². The molecule has 1 fully saturated rings. The highest BCUT2D eigenvalue weighted by Crippen LogP contribution is 2.31. The van der Waals surface area contributed by atoms with E-state index in [-0.39, 0.29) is 6.04 Å². The van der Waals surface area contributed by atoms with Gasteiger partial charge >= 0.3 is 0 Å². The Hall–Kier alpha value is -0.580. The summed E-state index contributed by atoms with van der Waals surface area (Å²) in [5.74, 6) is 0.382. The van der Waals surface area contributed by atoms with Crippen molar-refractivity contribution in [2.75, 3.05) is 6.67 Å². The quantitative estimate of drug-likeness (QED) is 0.500. The maximum atomic E-state index is 11.9. The minimum Gasteiger partial charge on any atom is -0.310 e. The van der Waals surface area contributed by atoms with Crippen molar-refractivity contribution >= 4 is 0 Å². The van der Waals surface area contributed by atoms with Crippen molar-refractivity contribution in [2.45, 2.75) is 25.3 Å². The topological polar surface area (TPSA) is 4.36 Å². The SMILES string of the molecule is [C-]#[N+]C(CF)C1CCC1. The third-order valence-electron chi connectivity index (χ3n) is 2.02. The van der Waals surface area contributed by atoms with Gasteiger partial charge in [0, 0.05) is 5.92 Å². The van der Waals surface area contributed by atoms with E-state index in [1.54, 1.807) is 0 Å². The van der Waals surface area contributed by atoms with Gasteiger partial charge in [0.25, 0.3) is 6.04 Å². The number of rotatable bonds is 2. The lowest BCUT2D eigenvalue weighted by Crippen LogP contribution is -2.25. The Morgan fingerprint density at radius 3 is 2.44 bits per heavy atom. The van der Waals surface area contributed by atoms with Crippen molar-refractivity contribution < 1.29 is 4.39 Å². The molecule has 1 saturated carbocycles. The van der Waals surface area contributed by atoms with Crippen LogP contribution in [-0.4, -0.2) is 12.7 Å². The van der Waals surface area contributed by atoms with Gasteiger partial charge < -0.3 is 4.85 Å². The van der Waals surface area contributed by atoms with Gasteiger partial charge in [0.15, 0.2) is 6.67 Å². The van der Waals surface area contributed by atoms with Gasteiger partial charge in [0.2, 0.25) is 0 Å². The van der Waals surface area contributed by atoms with Crippen LogP contribution < -0.4 is 0 Å². The van der Waals surface area contributed by atoms with Crippen molar-refractivity contribution in [1.82, 2.24) is 0 Å². The molecule has 0 aromatic carbocycles. The fourth-order valence-corrected chi connectivity index (χ4v) is 1.09. The van der Waals surface area contributed by atoms with E-state index in [0.717, 1.165) is 12.8 Å². The summed E-state index contributed by atoms with van der Waals surface area (Å²) < 4.78 is 11.9. The summed E-state index contributed by atoms with van der Waals surface area (Å²) in [6.45, 7) is 6.16. The summed E-state index contributed by atoms with van der Waals surface area (Å²) in [4.78, 5) is 3.20. The molecule has 1 rings (SSSR count). The Bertz CT molecular complexity index is 123. The molecule has 0 spiro atoms. The fourth-order valence-electron chi connectivity index (χ4n) is 1.09.